The number of nitrogens with two attached hydrogens (primary N) is 1. The van der Waals surface area contributed by atoms with E-state index in [4.69, 9.17) is 29.8 Å². The number of rotatable bonds is 10. The largest absolute Gasteiger partial charge is 0.493 e. The van der Waals surface area contributed by atoms with Crippen LogP contribution in [0.15, 0.2) is 53.7 Å². The summed E-state index contributed by atoms with van der Waals surface area (Å²) < 4.78 is 65.2. The summed E-state index contributed by atoms with van der Waals surface area (Å²) in [7, 11) is 1.59. The van der Waals surface area contributed by atoms with Crippen LogP contribution in [-0.2, 0) is 4.74 Å². The average Bonchev–Trinajstić information content (AvgIpc) is 3.83. The maximum absolute atomic E-state index is 15.0. The molecule has 0 saturated carbocycles. The average molecular weight is 714 g/mol. The lowest BCUT2D eigenvalue weighted by Gasteiger charge is -2.20. The number of fused-ring (bicyclic) bond motifs is 2. The Morgan fingerprint density at radius 3 is 2.59 bits per heavy atom. The number of ether oxygens (including phenoxy) is 4. The number of likely N-dealkylation sites (tertiary alicyclic amines) is 1. The van der Waals surface area contributed by atoms with Crippen LogP contribution in [0.2, 0.25) is 0 Å². The second-order valence-corrected chi connectivity index (χ2v) is 12.2. The van der Waals surface area contributed by atoms with Gasteiger partial charge < -0.3 is 44.8 Å². The Balaban J connectivity index is 0.000000211. The Labute approximate surface area is 289 Å². The van der Waals surface area contributed by atoms with Crippen LogP contribution in [0.1, 0.15) is 31.2 Å². The molecule has 0 unspecified atom stereocenters. The normalized spacial score (nSPS) is 20.0. The molecule has 272 valence electrons. The Morgan fingerprint density at radius 1 is 1.10 bits per heavy atom. The van der Waals surface area contributed by atoms with Crippen LogP contribution in [0.25, 0.3) is 21.8 Å². The van der Waals surface area contributed by atoms with Gasteiger partial charge in [-0.3, -0.25) is 4.57 Å². The zero-order chi connectivity index (χ0) is 36.3. The van der Waals surface area contributed by atoms with E-state index in [1.165, 1.54) is 32.3 Å². The molecule has 2 aliphatic rings. The molecule has 0 bridgehead atoms. The summed E-state index contributed by atoms with van der Waals surface area (Å²) in [5.74, 6) is -2.74. The fourth-order valence-corrected chi connectivity index (χ4v) is 6.06. The summed E-state index contributed by atoms with van der Waals surface area (Å²) >= 11 is 0. The zero-order valence-electron chi connectivity index (χ0n) is 27.9. The minimum atomic E-state index is -3.71. The number of aromatic nitrogens is 5. The number of nitrogens with zero attached hydrogens (tertiary/aromatic N) is 5. The van der Waals surface area contributed by atoms with Crippen molar-refractivity contribution in [2.75, 3.05) is 45.7 Å². The predicted octanol–water partition coefficient (Wildman–Crippen LogP) is 3.94. The number of hydrogen-bond donors (Lipinski definition) is 4. The van der Waals surface area contributed by atoms with Crippen molar-refractivity contribution in [3.63, 3.8) is 0 Å². The first-order chi connectivity index (χ1) is 24.5. The fourth-order valence-electron chi connectivity index (χ4n) is 6.06. The second-order valence-electron chi connectivity index (χ2n) is 12.2. The van der Waals surface area contributed by atoms with Crippen molar-refractivity contribution >= 4 is 27.6 Å². The van der Waals surface area contributed by atoms with Gasteiger partial charge in [0.1, 0.15) is 18.2 Å². The minimum Gasteiger partial charge on any atom is -0.493 e. The van der Waals surface area contributed by atoms with E-state index < -0.39 is 42.5 Å². The lowest BCUT2D eigenvalue weighted by atomic mass is 10.1. The second kappa shape index (κ2) is 15.1. The van der Waals surface area contributed by atoms with Gasteiger partial charge in [0.2, 0.25) is 12.1 Å². The topological polar surface area (TPSA) is 183 Å². The molecule has 3 atom stereocenters. The number of aryl methyl sites for hydroxylation is 1. The first-order valence-electron chi connectivity index (χ1n) is 16.3. The van der Waals surface area contributed by atoms with E-state index in [1.54, 1.807) is 31.4 Å². The highest BCUT2D eigenvalue weighted by atomic mass is 19.3. The third-order valence-corrected chi connectivity index (χ3v) is 8.67. The van der Waals surface area contributed by atoms with Gasteiger partial charge in [-0.15, -0.1) is 0 Å². The van der Waals surface area contributed by atoms with Crippen molar-refractivity contribution < 1.29 is 42.3 Å². The lowest BCUT2D eigenvalue weighted by Crippen LogP contribution is -2.41. The number of aliphatic hydroxyl groups is 2. The van der Waals surface area contributed by atoms with Crippen LogP contribution < -0.4 is 25.6 Å². The summed E-state index contributed by atoms with van der Waals surface area (Å²) in [5, 5.41) is 19.2. The first-order valence-corrected chi connectivity index (χ1v) is 16.3. The van der Waals surface area contributed by atoms with E-state index in [1.807, 2.05) is 13.0 Å². The van der Waals surface area contributed by atoms with Crippen LogP contribution in [-0.4, -0.2) is 97.7 Å². The third kappa shape index (κ3) is 7.56. The molecule has 0 amide bonds. The van der Waals surface area contributed by atoms with Crippen LogP contribution in [0.4, 0.5) is 19.0 Å². The first kappa shape index (κ1) is 35.8. The van der Waals surface area contributed by atoms with E-state index in [0.717, 1.165) is 36.4 Å². The van der Waals surface area contributed by atoms with E-state index in [2.05, 4.69) is 24.8 Å². The number of alkyl halides is 2. The Bertz CT molecular complexity index is 2050. The Morgan fingerprint density at radius 2 is 1.88 bits per heavy atom. The number of anilines is 1. The number of aromatic amines is 1. The monoisotopic (exact) mass is 713 g/mol. The van der Waals surface area contributed by atoms with Gasteiger partial charge in [0.25, 0.3) is 0 Å². The van der Waals surface area contributed by atoms with Gasteiger partial charge in [-0.25, -0.2) is 19.2 Å². The molecule has 5 heterocycles. The standard InChI is InChI=1S/C25H27FN4O3.C9H11F2N3O4/c1-16-12-17-19(29-16)6-7-21(24(17)26)33-25-18-13-22(31-2)23(14-20(18)27-15-28-25)32-11-5-10-30-8-3-4-9-30;10-9(11)6(16)4(3-15)18-7(9)14-2-1-5(12)13-8(14)17/h6-7,12-15,29H,3-5,8-11H2,1-2H3;1-2,4,6-7,15-16H,3H2,(H2,12,13,17)/t;4-,6-,7-/m.1/s1. The van der Waals surface area contributed by atoms with Gasteiger partial charge in [0.15, 0.2) is 29.2 Å². The van der Waals surface area contributed by atoms with E-state index in [0.29, 0.717) is 39.0 Å². The highest BCUT2D eigenvalue weighted by Gasteiger charge is 2.59. The van der Waals surface area contributed by atoms with Gasteiger partial charge in [-0.2, -0.15) is 13.8 Å². The number of nitrogens with one attached hydrogen (secondary N) is 1. The highest BCUT2D eigenvalue weighted by molar-refractivity contribution is 5.87. The molecular weight excluding hydrogens is 675 g/mol. The fraction of sp³-hybridized carbons (Fsp3) is 0.412. The van der Waals surface area contributed by atoms with Crippen molar-refractivity contribution in [3.05, 3.63) is 70.9 Å². The Kier molecular flexibility index (Phi) is 10.6. The molecule has 2 aromatic carbocycles. The van der Waals surface area contributed by atoms with Gasteiger partial charge in [0, 0.05) is 35.4 Å². The zero-order valence-corrected chi connectivity index (χ0v) is 27.9. The number of halogens is 3. The number of aliphatic hydroxyl groups excluding tert-OH is 2. The maximum atomic E-state index is 15.0. The predicted molar refractivity (Wildman–Crippen MR) is 180 cm³/mol. The molecule has 2 saturated heterocycles. The number of benzene rings is 2. The van der Waals surface area contributed by atoms with Crippen molar-refractivity contribution in [1.29, 1.82) is 0 Å². The van der Waals surface area contributed by atoms with Crippen LogP contribution >= 0.6 is 0 Å². The number of hydrogen-bond acceptors (Lipinski definition) is 12. The van der Waals surface area contributed by atoms with Crippen LogP contribution in [0.3, 0.4) is 0 Å². The molecule has 0 radical (unpaired) electrons. The Hall–Kier alpha value is -4.97. The molecule has 7 rings (SSSR count). The molecule has 17 heteroatoms. The SMILES string of the molecule is COc1cc2c(Oc3ccc4[nH]c(C)cc4c3F)ncnc2cc1OCCCN1CCCC1.Nc1ccn([C@@H]2O[C@H](CO)[C@@H](O)C2(F)F)c(=O)n1. The molecule has 2 aliphatic heterocycles. The highest BCUT2D eigenvalue weighted by Crippen LogP contribution is 2.42. The van der Waals surface area contributed by atoms with E-state index in [9.17, 15) is 18.7 Å². The number of methoxy groups -OCH3 is 1. The molecule has 0 aliphatic carbocycles. The molecular formula is C34H38F3N7O7. The van der Waals surface area contributed by atoms with Crippen molar-refractivity contribution in [2.24, 2.45) is 0 Å². The van der Waals surface area contributed by atoms with Gasteiger partial charge in [-0.1, -0.05) is 0 Å². The van der Waals surface area contributed by atoms with Gasteiger partial charge >= 0.3 is 11.6 Å². The molecule has 0 spiro atoms. The summed E-state index contributed by atoms with van der Waals surface area (Å²) in [5.41, 5.74) is 6.44. The summed E-state index contributed by atoms with van der Waals surface area (Å²) in [6, 6.07) is 9.88. The molecule has 3 aromatic heterocycles. The van der Waals surface area contributed by atoms with Crippen molar-refractivity contribution in [1.82, 2.24) is 29.4 Å². The van der Waals surface area contributed by atoms with Crippen molar-refractivity contribution in [3.8, 4) is 23.1 Å². The quantitative estimate of drug-likeness (QED) is 0.153. The molecule has 14 nitrogen and oxygen atoms in total. The summed E-state index contributed by atoms with van der Waals surface area (Å²) in [4.78, 5) is 28.9. The number of nitrogen functional groups attached to an aromatic ring is 1. The van der Waals surface area contributed by atoms with Gasteiger partial charge in [-0.05, 0) is 69.6 Å². The van der Waals surface area contributed by atoms with Crippen LogP contribution in [0, 0.1) is 12.7 Å². The lowest BCUT2D eigenvalue weighted by molar-refractivity contribution is -0.140. The molecule has 5 aromatic rings. The smallest absolute Gasteiger partial charge is 0.351 e. The third-order valence-electron chi connectivity index (χ3n) is 8.67. The number of H-pyrrole nitrogens is 1. The summed E-state index contributed by atoms with van der Waals surface area (Å²) in [6.45, 7) is 5.08. The minimum absolute atomic E-state index is 0.0997. The van der Waals surface area contributed by atoms with E-state index in [-0.39, 0.29) is 17.4 Å². The van der Waals surface area contributed by atoms with E-state index >= 15 is 4.39 Å². The van der Waals surface area contributed by atoms with Gasteiger partial charge in [0.05, 0.1) is 31.2 Å². The van der Waals surface area contributed by atoms with Crippen LogP contribution in [0.5, 0.6) is 23.1 Å². The molecule has 51 heavy (non-hydrogen) atoms. The molecule has 5 N–H and O–H groups in total. The molecule has 2 fully saturated rings. The maximum Gasteiger partial charge on any atom is 0.351 e. The summed E-state index contributed by atoms with van der Waals surface area (Å²) in [6.07, 6.45) is 0.225. The van der Waals surface area contributed by atoms with Crippen molar-refractivity contribution in [2.45, 2.75) is 50.5 Å².